The predicted molar refractivity (Wildman–Crippen MR) is 62.7 cm³/mol. The third kappa shape index (κ3) is 3.70. The van der Waals surface area contributed by atoms with Gasteiger partial charge in [0.15, 0.2) is 0 Å². The standard InChI is InChI=1S/C12H14F5N3O/c13-11(14)3-1-7(2-4-11)5-8-6-9(10(18)21)20(19-8)12(15,16)17/h6-7H,1-5H2,(H2,18,21). The van der Waals surface area contributed by atoms with E-state index in [1.165, 1.54) is 0 Å². The minimum Gasteiger partial charge on any atom is -0.364 e. The summed E-state index contributed by atoms with van der Waals surface area (Å²) in [4.78, 5) is 11.0. The number of halogens is 5. The highest BCUT2D eigenvalue weighted by atomic mass is 19.4. The lowest BCUT2D eigenvalue weighted by Gasteiger charge is -2.27. The third-order valence-corrected chi connectivity index (χ3v) is 3.59. The van der Waals surface area contributed by atoms with E-state index in [1.54, 1.807) is 0 Å². The molecule has 0 atom stereocenters. The first-order valence-corrected chi connectivity index (χ1v) is 6.42. The summed E-state index contributed by atoms with van der Waals surface area (Å²) >= 11 is 0. The van der Waals surface area contributed by atoms with E-state index < -0.39 is 23.8 Å². The first kappa shape index (κ1) is 15.7. The molecule has 1 aromatic heterocycles. The maximum Gasteiger partial charge on any atom is 0.505 e. The van der Waals surface area contributed by atoms with Crippen LogP contribution in [0.5, 0.6) is 0 Å². The quantitative estimate of drug-likeness (QED) is 0.873. The number of hydrogen-bond donors (Lipinski definition) is 1. The summed E-state index contributed by atoms with van der Waals surface area (Å²) in [5.41, 5.74) is 4.18. The summed E-state index contributed by atoms with van der Waals surface area (Å²) in [6.07, 6.45) is -4.84. The van der Waals surface area contributed by atoms with Crippen molar-refractivity contribution >= 4 is 5.91 Å². The Morgan fingerprint density at radius 3 is 2.38 bits per heavy atom. The van der Waals surface area contributed by atoms with Crippen molar-refractivity contribution in [2.75, 3.05) is 0 Å². The van der Waals surface area contributed by atoms with Gasteiger partial charge in [-0.05, 0) is 31.2 Å². The van der Waals surface area contributed by atoms with Crippen LogP contribution in [0.1, 0.15) is 41.9 Å². The van der Waals surface area contributed by atoms with Gasteiger partial charge < -0.3 is 5.73 Å². The Labute approximate surface area is 117 Å². The van der Waals surface area contributed by atoms with Crippen LogP contribution in [0.2, 0.25) is 0 Å². The average Bonchev–Trinajstić information content (AvgIpc) is 2.76. The van der Waals surface area contributed by atoms with E-state index in [4.69, 9.17) is 5.73 Å². The lowest BCUT2D eigenvalue weighted by atomic mass is 9.84. The molecular formula is C12H14F5N3O. The molecule has 1 aliphatic carbocycles. The first-order valence-electron chi connectivity index (χ1n) is 6.42. The van der Waals surface area contributed by atoms with Crippen molar-refractivity contribution in [3.63, 3.8) is 0 Å². The number of alkyl halides is 5. The Morgan fingerprint density at radius 1 is 1.38 bits per heavy atom. The van der Waals surface area contributed by atoms with Gasteiger partial charge in [0.05, 0.1) is 5.69 Å². The van der Waals surface area contributed by atoms with E-state index in [1.807, 2.05) is 0 Å². The summed E-state index contributed by atoms with van der Waals surface area (Å²) in [7, 11) is 0. The second kappa shape index (κ2) is 5.27. The number of primary amides is 1. The van der Waals surface area contributed by atoms with Crippen molar-refractivity contribution in [1.29, 1.82) is 0 Å². The number of carbonyl (C=O) groups is 1. The topological polar surface area (TPSA) is 60.9 Å². The van der Waals surface area contributed by atoms with Gasteiger partial charge in [-0.2, -0.15) is 9.78 Å². The summed E-state index contributed by atoms with van der Waals surface area (Å²) in [5, 5.41) is 3.34. The highest BCUT2D eigenvalue weighted by molar-refractivity contribution is 5.91. The van der Waals surface area contributed by atoms with E-state index in [2.05, 4.69) is 5.10 Å². The van der Waals surface area contributed by atoms with E-state index in [-0.39, 0.29) is 48.4 Å². The molecule has 1 saturated carbocycles. The lowest BCUT2D eigenvalue weighted by molar-refractivity contribution is -0.213. The van der Waals surface area contributed by atoms with Gasteiger partial charge in [-0.25, -0.2) is 8.78 Å². The molecular weight excluding hydrogens is 297 g/mol. The van der Waals surface area contributed by atoms with Crippen LogP contribution < -0.4 is 5.73 Å². The van der Waals surface area contributed by atoms with Gasteiger partial charge in [0.1, 0.15) is 5.69 Å². The molecule has 118 valence electrons. The molecule has 1 heterocycles. The molecule has 0 spiro atoms. The maximum absolute atomic E-state index is 13.0. The number of nitrogens with zero attached hydrogens (tertiary/aromatic N) is 2. The van der Waals surface area contributed by atoms with Crippen LogP contribution in [0.3, 0.4) is 0 Å². The monoisotopic (exact) mass is 311 g/mol. The van der Waals surface area contributed by atoms with Crippen LogP contribution in [0.4, 0.5) is 22.0 Å². The number of nitrogens with two attached hydrogens (primary N) is 1. The Balaban J connectivity index is 2.13. The van der Waals surface area contributed by atoms with Crippen molar-refractivity contribution in [2.24, 2.45) is 11.7 Å². The summed E-state index contributed by atoms with van der Waals surface area (Å²) in [6.45, 7) is 0. The van der Waals surface area contributed by atoms with Crippen LogP contribution in [-0.4, -0.2) is 21.6 Å². The second-order valence-corrected chi connectivity index (χ2v) is 5.27. The fourth-order valence-electron chi connectivity index (χ4n) is 2.50. The normalized spacial score (nSPS) is 19.7. The van der Waals surface area contributed by atoms with Crippen molar-refractivity contribution in [3.05, 3.63) is 17.5 Å². The van der Waals surface area contributed by atoms with E-state index in [0.29, 0.717) is 0 Å². The molecule has 0 aliphatic heterocycles. The first-order chi connectivity index (χ1) is 9.58. The Kier molecular flexibility index (Phi) is 3.94. The number of hydrogen-bond acceptors (Lipinski definition) is 2. The fourth-order valence-corrected chi connectivity index (χ4v) is 2.50. The maximum atomic E-state index is 13.0. The molecule has 0 bridgehead atoms. The minimum absolute atomic E-state index is 0.0383. The van der Waals surface area contributed by atoms with Crippen LogP contribution in [0.25, 0.3) is 0 Å². The summed E-state index contributed by atoms with van der Waals surface area (Å²) < 4.78 is 63.7. The Bertz CT molecular complexity index is 527. The highest BCUT2D eigenvalue weighted by Gasteiger charge is 2.38. The Hall–Kier alpha value is -1.67. The van der Waals surface area contributed by atoms with Crippen LogP contribution >= 0.6 is 0 Å². The molecule has 0 unspecified atom stereocenters. The number of rotatable bonds is 3. The van der Waals surface area contributed by atoms with E-state index in [9.17, 15) is 26.7 Å². The molecule has 0 saturated heterocycles. The molecule has 4 nitrogen and oxygen atoms in total. The number of carbonyl (C=O) groups excluding carboxylic acids is 1. The predicted octanol–water partition coefficient (Wildman–Crippen LogP) is 2.83. The summed E-state index contributed by atoms with van der Waals surface area (Å²) in [6, 6.07) is 0.975. The van der Waals surface area contributed by atoms with Crippen LogP contribution in [0.15, 0.2) is 6.07 Å². The fraction of sp³-hybridized carbons (Fsp3) is 0.667. The molecule has 1 aliphatic rings. The molecule has 1 aromatic rings. The van der Waals surface area contributed by atoms with Crippen molar-refractivity contribution in [2.45, 2.75) is 44.3 Å². The zero-order valence-electron chi connectivity index (χ0n) is 11.0. The SMILES string of the molecule is NC(=O)c1cc(CC2CCC(F)(F)CC2)nn1C(F)(F)F. The number of aromatic nitrogens is 2. The van der Waals surface area contributed by atoms with Gasteiger partial charge >= 0.3 is 6.30 Å². The molecule has 1 fully saturated rings. The number of amides is 1. The van der Waals surface area contributed by atoms with Gasteiger partial charge in [0, 0.05) is 12.8 Å². The smallest absolute Gasteiger partial charge is 0.364 e. The van der Waals surface area contributed by atoms with E-state index >= 15 is 0 Å². The third-order valence-electron chi connectivity index (χ3n) is 3.59. The van der Waals surface area contributed by atoms with Crippen molar-refractivity contribution < 1.29 is 26.7 Å². The molecule has 21 heavy (non-hydrogen) atoms. The van der Waals surface area contributed by atoms with Crippen LogP contribution in [-0.2, 0) is 12.7 Å². The second-order valence-electron chi connectivity index (χ2n) is 5.27. The van der Waals surface area contributed by atoms with Gasteiger partial charge in [-0.15, -0.1) is 13.2 Å². The minimum atomic E-state index is -4.85. The average molecular weight is 311 g/mol. The summed E-state index contributed by atoms with van der Waals surface area (Å²) in [5.74, 6) is -4.09. The molecule has 0 aromatic carbocycles. The van der Waals surface area contributed by atoms with Gasteiger partial charge in [0.2, 0.25) is 5.92 Å². The Morgan fingerprint density at radius 2 is 1.95 bits per heavy atom. The molecule has 2 rings (SSSR count). The largest absolute Gasteiger partial charge is 0.505 e. The van der Waals surface area contributed by atoms with Gasteiger partial charge in [-0.1, -0.05) is 0 Å². The lowest BCUT2D eigenvalue weighted by Crippen LogP contribution is -2.26. The zero-order valence-corrected chi connectivity index (χ0v) is 11.0. The van der Waals surface area contributed by atoms with Crippen molar-refractivity contribution in [3.8, 4) is 0 Å². The zero-order chi connectivity index (χ0) is 15.8. The van der Waals surface area contributed by atoms with Gasteiger partial charge in [0.25, 0.3) is 5.91 Å². The molecule has 2 N–H and O–H groups in total. The molecule has 0 radical (unpaired) electrons. The molecule has 9 heteroatoms. The van der Waals surface area contributed by atoms with Crippen molar-refractivity contribution in [1.82, 2.24) is 9.78 Å². The highest BCUT2D eigenvalue weighted by Crippen LogP contribution is 2.37. The van der Waals surface area contributed by atoms with Crippen LogP contribution in [0, 0.1) is 5.92 Å². The molecule has 1 amide bonds. The van der Waals surface area contributed by atoms with E-state index in [0.717, 1.165) is 6.07 Å². The van der Waals surface area contributed by atoms with Gasteiger partial charge in [-0.3, -0.25) is 4.79 Å².